The van der Waals surface area contributed by atoms with Crippen LogP contribution in [0.25, 0.3) is 0 Å². The molecule has 3 rings (SSSR count). The molecule has 0 saturated carbocycles. The average Bonchev–Trinajstić information content (AvgIpc) is 3.38. The summed E-state index contributed by atoms with van der Waals surface area (Å²) in [5, 5.41) is 17.8. The van der Waals surface area contributed by atoms with Gasteiger partial charge in [-0.25, -0.2) is 8.78 Å². The first-order valence-corrected chi connectivity index (χ1v) is 16.0. The number of amides is 2. The second-order valence-corrected chi connectivity index (χ2v) is 12.0. The number of carbonyl (C=O) groups is 2. The van der Waals surface area contributed by atoms with Crippen LogP contribution < -0.4 is 15.4 Å². The number of hydrogen-bond acceptors (Lipinski definition) is 6. The lowest BCUT2D eigenvalue weighted by Crippen LogP contribution is -2.55. The summed E-state index contributed by atoms with van der Waals surface area (Å²) in [6, 6.07) is 6.88. The van der Waals surface area contributed by atoms with Crippen LogP contribution in [-0.4, -0.2) is 67.3 Å². The third kappa shape index (κ3) is 9.95. The SMILES string of the molecule is C=CCO[C@@H]1C[C@H](NC[C@@H](O)[C@H](Cc2cc(F)cc(F)c2)NC(=O)C(CC=C)N(C)C(=O)C(C)CCCC)c2cc(OC)ccc21. The molecule has 0 saturated heterocycles. The quantitative estimate of drug-likeness (QED) is 0.174. The van der Waals surface area contributed by atoms with Crippen LogP contribution in [-0.2, 0) is 20.7 Å². The highest BCUT2D eigenvalue weighted by Gasteiger charge is 2.34. The summed E-state index contributed by atoms with van der Waals surface area (Å²) in [6.45, 7) is 11.8. The topological polar surface area (TPSA) is 100 Å². The normalized spacial score (nSPS) is 18.2. The maximum atomic E-state index is 14.1. The molecule has 0 aromatic heterocycles. The Bertz CT molecular complexity index is 1320. The molecule has 0 spiro atoms. The van der Waals surface area contributed by atoms with E-state index in [0.717, 1.165) is 30.0 Å². The molecule has 0 radical (unpaired) electrons. The van der Waals surface area contributed by atoms with Crippen LogP contribution in [0.3, 0.4) is 0 Å². The van der Waals surface area contributed by atoms with Crippen LogP contribution in [0.4, 0.5) is 8.78 Å². The van der Waals surface area contributed by atoms with Crippen LogP contribution in [0.5, 0.6) is 5.75 Å². The van der Waals surface area contributed by atoms with E-state index in [1.54, 1.807) is 26.3 Å². The third-order valence-electron chi connectivity index (χ3n) is 8.54. The fourth-order valence-corrected chi connectivity index (χ4v) is 5.96. The molecular weight excluding hydrogens is 592 g/mol. The second kappa shape index (κ2) is 17.9. The monoisotopic (exact) mass is 641 g/mol. The fraction of sp³-hybridized carbons (Fsp3) is 0.500. The van der Waals surface area contributed by atoms with Gasteiger partial charge in [0.15, 0.2) is 0 Å². The van der Waals surface area contributed by atoms with Crippen LogP contribution in [0.2, 0.25) is 0 Å². The zero-order valence-electron chi connectivity index (χ0n) is 27.4. The average molecular weight is 642 g/mol. The van der Waals surface area contributed by atoms with Crippen molar-refractivity contribution in [1.82, 2.24) is 15.5 Å². The minimum absolute atomic E-state index is 0.0468. The van der Waals surface area contributed by atoms with Gasteiger partial charge in [0.05, 0.1) is 32.0 Å². The van der Waals surface area contributed by atoms with Gasteiger partial charge in [-0.15, -0.1) is 13.2 Å². The predicted octanol–water partition coefficient (Wildman–Crippen LogP) is 5.57. The van der Waals surface area contributed by atoms with Crippen LogP contribution in [0, 0.1) is 17.6 Å². The Balaban J connectivity index is 1.82. The molecule has 1 aliphatic carbocycles. The molecule has 6 atom stereocenters. The number of likely N-dealkylation sites (N-methyl/N-ethyl adjacent to an activating group) is 1. The largest absolute Gasteiger partial charge is 0.497 e. The molecule has 3 N–H and O–H groups in total. The maximum Gasteiger partial charge on any atom is 0.243 e. The van der Waals surface area contributed by atoms with Crippen LogP contribution in [0.15, 0.2) is 61.7 Å². The fourth-order valence-electron chi connectivity index (χ4n) is 5.96. The summed E-state index contributed by atoms with van der Waals surface area (Å²) >= 11 is 0. The first-order chi connectivity index (χ1) is 22.0. The standard InChI is InChI=1S/C36H49F2N3O5/c1-7-10-12-23(4)36(44)41(5)32(11-8-2)35(43)40-31(18-24-16-25(37)19-26(38)17-24)33(42)22-39-30-21-34(46-15-9-3)28-14-13-27(45-6)20-29(28)30/h8-9,13-14,16-17,19-20,23,30-34,39,42H,2-3,7,10-12,15,18,21-22H2,1,4-6H3,(H,40,43)/t23?,30-,31-,32?,33+,34+/m0/s1. The van der Waals surface area contributed by atoms with Gasteiger partial charge in [0, 0.05) is 31.6 Å². The molecule has 2 amide bonds. The van der Waals surface area contributed by atoms with Gasteiger partial charge < -0.3 is 30.1 Å². The van der Waals surface area contributed by atoms with E-state index in [4.69, 9.17) is 9.47 Å². The highest BCUT2D eigenvalue weighted by Crippen LogP contribution is 2.42. The number of aliphatic hydroxyl groups excluding tert-OH is 1. The summed E-state index contributed by atoms with van der Waals surface area (Å²) in [5.41, 5.74) is 2.24. The minimum atomic E-state index is -1.16. The van der Waals surface area contributed by atoms with Crippen molar-refractivity contribution in [2.24, 2.45) is 5.92 Å². The van der Waals surface area contributed by atoms with E-state index < -0.39 is 35.7 Å². The van der Waals surface area contributed by atoms with Gasteiger partial charge in [-0.1, -0.05) is 44.9 Å². The van der Waals surface area contributed by atoms with E-state index in [1.807, 2.05) is 25.1 Å². The molecule has 0 heterocycles. The highest BCUT2D eigenvalue weighted by atomic mass is 19.1. The Morgan fingerprint density at radius 2 is 1.85 bits per heavy atom. The molecular formula is C36H49F2N3O5. The van der Waals surface area contributed by atoms with Gasteiger partial charge in [-0.2, -0.15) is 0 Å². The molecule has 0 fully saturated rings. The molecule has 252 valence electrons. The molecule has 46 heavy (non-hydrogen) atoms. The number of ether oxygens (including phenoxy) is 2. The van der Waals surface area contributed by atoms with Crippen molar-refractivity contribution < 1.29 is 33.0 Å². The highest BCUT2D eigenvalue weighted by molar-refractivity contribution is 5.88. The van der Waals surface area contributed by atoms with Gasteiger partial charge in [-0.3, -0.25) is 9.59 Å². The van der Waals surface area contributed by atoms with Gasteiger partial charge in [-0.05, 0) is 66.6 Å². The first kappa shape index (κ1) is 36.9. The van der Waals surface area contributed by atoms with Gasteiger partial charge in [0.25, 0.3) is 0 Å². The van der Waals surface area contributed by atoms with Crippen LogP contribution in [0.1, 0.15) is 74.8 Å². The van der Waals surface area contributed by atoms with Crippen molar-refractivity contribution in [3.05, 3.63) is 90.0 Å². The number of methoxy groups -OCH3 is 1. The molecule has 10 heteroatoms. The molecule has 2 aromatic rings. The third-order valence-corrected chi connectivity index (χ3v) is 8.54. The summed E-state index contributed by atoms with van der Waals surface area (Å²) in [4.78, 5) is 28.3. The van der Waals surface area contributed by atoms with Gasteiger partial charge >= 0.3 is 0 Å². The Kier molecular flexibility index (Phi) is 14.4. The first-order valence-electron chi connectivity index (χ1n) is 16.0. The number of carbonyl (C=O) groups excluding carboxylic acids is 2. The maximum absolute atomic E-state index is 14.1. The van der Waals surface area contributed by atoms with E-state index in [-0.39, 0.29) is 48.9 Å². The number of fused-ring (bicyclic) bond motifs is 1. The second-order valence-electron chi connectivity index (χ2n) is 12.0. The number of hydrogen-bond donors (Lipinski definition) is 3. The molecule has 1 aliphatic rings. The van der Waals surface area contributed by atoms with Crippen molar-refractivity contribution in [2.75, 3.05) is 27.3 Å². The van der Waals surface area contributed by atoms with E-state index in [1.165, 1.54) is 17.0 Å². The smallest absolute Gasteiger partial charge is 0.243 e. The van der Waals surface area contributed by atoms with Crippen LogP contribution >= 0.6 is 0 Å². The lowest BCUT2D eigenvalue weighted by Gasteiger charge is -2.32. The Hall–Kier alpha value is -3.60. The van der Waals surface area contributed by atoms with Gasteiger partial charge in [0.1, 0.15) is 23.4 Å². The lowest BCUT2D eigenvalue weighted by atomic mass is 9.98. The number of rotatable bonds is 19. The molecule has 8 nitrogen and oxygen atoms in total. The van der Waals surface area contributed by atoms with E-state index in [2.05, 4.69) is 30.7 Å². The number of nitrogens with zero attached hydrogens (tertiary/aromatic N) is 1. The zero-order chi connectivity index (χ0) is 33.8. The number of nitrogens with one attached hydrogen (secondary N) is 2. The van der Waals surface area contributed by atoms with E-state index in [0.29, 0.717) is 25.2 Å². The summed E-state index contributed by atoms with van der Waals surface area (Å²) < 4.78 is 39.7. The molecule has 2 unspecified atom stereocenters. The van der Waals surface area contributed by atoms with Crippen molar-refractivity contribution in [3.63, 3.8) is 0 Å². The Morgan fingerprint density at radius 3 is 2.48 bits per heavy atom. The van der Waals surface area contributed by atoms with Crippen molar-refractivity contribution in [3.8, 4) is 5.75 Å². The summed E-state index contributed by atoms with van der Waals surface area (Å²) in [7, 11) is 3.18. The summed E-state index contributed by atoms with van der Waals surface area (Å²) in [6.07, 6.45) is 5.20. The Labute approximate surface area is 271 Å². The molecule has 0 bridgehead atoms. The van der Waals surface area contributed by atoms with Crippen molar-refractivity contribution in [1.29, 1.82) is 0 Å². The number of halogens is 2. The summed E-state index contributed by atoms with van der Waals surface area (Å²) in [5.74, 6) is -1.75. The van der Waals surface area contributed by atoms with Gasteiger partial charge in [0.2, 0.25) is 11.8 Å². The zero-order valence-corrected chi connectivity index (χ0v) is 27.4. The number of aliphatic hydroxyl groups is 1. The molecule has 0 aliphatic heterocycles. The number of benzene rings is 2. The Morgan fingerprint density at radius 1 is 1.13 bits per heavy atom. The lowest BCUT2D eigenvalue weighted by molar-refractivity contribution is -0.142. The van der Waals surface area contributed by atoms with Crippen molar-refractivity contribution >= 4 is 11.8 Å². The predicted molar refractivity (Wildman–Crippen MR) is 175 cm³/mol. The van der Waals surface area contributed by atoms with Crippen molar-refractivity contribution in [2.45, 2.75) is 82.7 Å². The van der Waals surface area contributed by atoms with E-state index in [9.17, 15) is 23.5 Å². The molecule has 2 aromatic carbocycles. The number of unbranched alkanes of at least 4 members (excludes halogenated alkanes) is 1. The minimum Gasteiger partial charge on any atom is -0.497 e. The van der Waals surface area contributed by atoms with E-state index >= 15 is 0 Å².